The first kappa shape index (κ1) is 9.73. The maximum atomic E-state index is 10.8. The molecule has 1 heterocycles. The summed E-state index contributed by atoms with van der Waals surface area (Å²) in [6, 6.07) is 1.30. The predicted octanol–water partition coefficient (Wildman–Crippen LogP) is 0.184. The third-order valence-corrected chi connectivity index (χ3v) is 1.38. The topological polar surface area (TPSA) is 64.2 Å². The van der Waals surface area contributed by atoms with E-state index in [-0.39, 0.29) is 11.7 Å². The van der Waals surface area contributed by atoms with Crippen molar-refractivity contribution in [2.24, 2.45) is 0 Å². The van der Waals surface area contributed by atoms with Crippen molar-refractivity contribution in [2.75, 3.05) is 13.7 Å². The molecule has 13 heavy (non-hydrogen) atoms. The van der Waals surface area contributed by atoms with Gasteiger partial charge in [-0.3, -0.25) is 4.79 Å². The molecule has 0 aromatic carbocycles. The van der Waals surface area contributed by atoms with Gasteiger partial charge in [-0.15, -0.1) is 0 Å². The lowest BCUT2D eigenvalue weighted by molar-refractivity contribution is 0.0888. The van der Waals surface area contributed by atoms with Crippen LogP contribution in [0.2, 0.25) is 0 Å². The monoisotopic (exact) mass is 184 g/mol. The minimum absolute atomic E-state index is 0.112. The Labute approximate surface area is 75.7 Å². The van der Waals surface area contributed by atoms with E-state index in [9.17, 15) is 4.79 Å². The summed E-state index contributed by atoms with van der Waals surface area (Å²) in [5.74, 6) is 0.313. The normalized spacial score (nSPS) is 12.5. The van der Waals surface area contributed by atoms with Crippen molar-refractivity contribution < 1.29 is 9.47 Å². The second kappa shape index (κ2) is 4.61. The van der Waals surface area contributed by atoms with Crippen molar-refractivity contribution in [3.8, 4) is 5.88 Å². The van der Waals surface area contributed by atoms with Crippen LogP contribution in [0.1, 0.15) is 6.92 Å². The van der Waals surface area contributed by atoms with Crippen LogP contribution in [0.15, 0.2) is 17.2 Å². The molecule has 1 atom stereocenters. The third kappa shape index (κ3) is 3.25. The van der Waals surface area contributed by atoms with Gasteiger partial charge in [0.2, 0.25) is 5.88 Å². The van der Waals surface area contributed by atoms with Crippen molar-refractivity contribution in [3.63, 3.8) is 0 Å². The van der Waals surface area contributed by atoms with Crippen molar-refractivity contribution in [1.29, 1.82) is 0 Å². The van der Waals surface area contributed by atoms with Crippen LogP contribution in [0.3, 0.4) is 0 Å². The summed E-state index contributed by atoms with van der Waals surface area (Å²) in [6.07, 6.45) is 1.19. The zero-order valence-corrected chi connectivity index (χ0v) is 7.61. The van der Waals surface area contributed by atoms with E-state index in [1.807, 2.05) is 6.92 Å². The Hall–Kier alpha value is -1.36. The van der Waals surface area contributed by atoms with Crippen LogP contribution in [0, 0.1) is 0 Å². The van der Waals surface area contributed by atoms with Gasteiger partial charge >= 0.3 is 0 Å². The van der Waals surface area contributed by atoms with Gasteiger partial charge in [0, 0.05) is 7.11 Å². The summed E-state index contributed by atoms with van der Waals surface area (Å²) in [5, 5.41) is 0. The Morgan fingerprint density at radius 1 is 1.69 bits per heavy atom. The molecule has 72 valence electrons. The lowest BCUT2D eigenvalue weighted by Gasteiger charge is -2.11. The molecule has 0 amide bonds. The molecule has 0 saturated carbocycles. The number of H-pyrrole nitrogens is 1. The average Bonchev–Trinajstić information content (AvgIpc) is 2.04. The quantitative estimate of drug-likeness (QED) is 0.725. The number of hydrogen-bond donors (Lipinski definition) is 1. The van der Waals surface area contributed by atoms with E-state index in [1.165, 1.54) is 12.4 Å². The SMILES string of the molecule is COCC(C)Oc1cc(=O)[nH]cn1. The summed E-state index contributed by atoms with van der Waals surface area (Å²) < 4.78 is 10.1. The number of nitrogens with one attached hydrogen (secondary N) is 1. The average molecular weight is 184 g/mol. The van der Waals surface area contributed by atoms with Gasteiger partial charge in [0.1, 0.15) is 6.10 Å². The molecule has 0 spiro atoms. The largest absolute Gasteiger partial charge is 0.472 e. The molecule has 1 aromatic rings. The highest BCUT2D eigenvalue weighted by Crippen LogP contribution is 2.02. The molecule has 0 aliphatic heterocycles. The van der Waals surface area contributed by atoms with Crippen molar-refractivity contribution in [2.45, 2.75) is 13.0 Å². The van der Waals surface area contributed by atoms with Crippen LogP contribution in [-0.4, -0.2) is 29.8 Å². The van der Waals surface area contributed by atoms with E-state index in [2.05, 4.69) is 9.97 Å². The van der Waals surface area contributed by atoms with Crippen LogP contribution >= 0.6 is 0 Å². The Bertz CT molecular complexity index is 310. The van der Waals surface area contributed by atoms with Crippen LogP contribution in [0.4, 0.5) is 0 Å². The maximum absolute atomic E-state index is 10.8. The Balaban J connectivity index is 2.58. The fourth-order valence-electron chi connectivity index (χ4n) is 0.890. The molecular weight excluding hydrogens is 172 g/mol. The molecule has 0 saturated heterocycles. The minimum atomic E-state index is -0.227. The van der Waals surface area contributed by atoms with Crippen LogP contribution in [0.5, 0.6) is 5.88 Å². The Morgan fingerprint density at radius 2 is 2.46 bits per heavy atom. The van der Waals surface area contributed by atoms with Crippen molar-refractivity contribution in [1.82, 2.24) is 9.97 Å². The molecule has 1 aromatic heterocycles. The number of nitrogens with zero attached hydrogens (tertiary/aromatic N) is 1. The minimum Gasteiger partial charge on any atom is -0.472 e. The van der Waals surface area contributed by atoms with E-state index in [0.29, 0.717) is 12.5 Å². The highest BCUT2D eigenvalue weighted by molar-refractivity contribution is 5.05. The summed E-state index contributed by atoms with van der Waals surface area (Å²) in [4.78, 5) is 17.1. The molecule has 1 unspecified atom stereocenters. The fourth-order valence-corrected chi connectivity index (χ4v) is 0.890. The van der Waals surface area contributed by atoms with Crippen molar-refractivity contribution in [3.05, 3.63) is 22.7 Å². The first-order chi connectivity index (χ1) is 6.22. The second-order valence-corrected chi connectivity index (χ2v) is 2.63. The van der Waals surface area contributed by atoms with Gasteiger partial charge in [-0.05, 0) is 6.92 Å². The van der Waals surface area contributed by atoms with Gasteiger partial charge < -0.3 is 14.5 Å². The first-order valence-electron chi connectivity index (χ1n) is 3.92. The summed E-state index contributed by atoms with van der Waals surface area (Å²) in [6.45, 7) is 2.31. The van der Waals surface area contributed by atoms with Crippen molar-refractivity contribution >= 4 is 0 Å². The number of rotatable bonds is 4. The van der Waals surface area contributed by atoms with Gasteiger partial charge in [-0.2, -0.15) is 0 Å². The predicted molar refractivity (Wildman–Crippen MR) is 46.8 cm³/mol. The van der Waals surface area contributed by atoms with E-state index < -0.39 is 0 Å². The standard InChI is InChI=1S/C8H12N2O3/c1-6(4-12-2)13-8-3-7(11)9-5-10-8/h3,5-6H,4H2,1-2H3,(H,9,10,11). The molecule has 0 fully saturated rings. The Morgan fingerprint density at radius 3 is 3.08 bits per heavy atom. The van der Waals surface area contributed by atoms with Gasteiger partial charge in [-0.1, -0.05) is 0 Å². The second-order valence-electron chi connectivity index (χ2n) is 2.63. The summed E-state index contributed by atoms with van der Waals surface area (Å²) >= 11 is 0. The van der Waals surface area contributed by atoms with Crippen LogP contribution in [0.25, 0.3) is 0 Å². The van der Waals surface area contributed by atoms with Crippen LogP contribution in [-0.2, 0) is 4.74 Å². The van der Waals surface area contributed by atoms with E-state index >= 15 is 0 Å². The lowest BCUT2D eigenvalue weighted by atomic mass is 10.4. The molecular formula is C8H12N2O3. The number of ether oxygens (including phenoxy) is 2. The summed E-state index contributed by atoms with van der Waals surface area (Å²) in [5.41, 5.74) is -0.227. The van der Waals surface area contributed by atoms with Gasteiger partial charge in [-0.25, -0.2) is 4.98 Å². The third-order valence-electron chi connectivity index (χ3n) is 1.38. The molecule has 0 bridgehead atoms. The molecule has 1 rings (SSSR count). The van der Waals surface area contributed by atoms with E-state index in [1.54, 1.807) is 7.11 Å². The van der Waals surface area contributed by atoms with E-state index in [0.717, 1.165) is 0 Å². The molecule has 0 aliphatic carbocycles. The Kier molecular flexibility index (Phi) is 3.45. The van der Waals surface area contributed by atoms with E-state index in [4.69, 9.17) is 9.47 Å². The molecule has 5 heteroatoms. The highest BCUT2D eigenvalue weighted by atomic mass is 16.5. The molecule has 0 aliphatic rings. The van der Waals surface area contributed by atoms with Gasteiger partial charge in [0.15, 0.2) is 0 Å². The number of aromatic amines is 1. The smallest absolute Gasteiger partial charge is 0.254 e. The zero-order chi connectivity index (χ0) is 9.68. The number of hydrogen-bond acceptors (Lipinski definition) is 4. The number of aromatic nitrogens is 2. The van der Waals surface area contributed by atoms with Gasteiger partial charge in [0.05, 0.1) is 19.0 Å². The zero-order valence-electron chi connectivity index (χ0n) is 7.61. The molecule has 5 nitrogen and oxygen atoms in total. The molecule has 1 N–H and O–H groups in total. The highest BCUT2D eigenvalue weighted by Gasteiger charge is 2.03. The van der Waals surface area contributed by atoms with Gasteiger partial charge in [0.25, 0.3) is 5.56 Å². The number of methoxy groups -OCH3 is 1. The molecule has 0 radical (unpaired) electrons. The maximum Gasteiger partial charge on any atom is 0.254 e. The fraction of sp³-hybridized carbons (Fsp3) is 0.500. The lowest BCUT2D eigenvalue weighted by Crippen LogP contribution is -2.19. The summed E-state index contributed by atoms with van der Waals surface area (Å²) in [7, 11) is 1.59. The first-order valence-corrected chi connectivity index (χ1v) is 3.92. The van der Waals surface area contributed by atoms with Crippen LogP contribution < -0.4 is 10.3 Å².